The Hall–Kier alpha value is -6.12. The van der Waals surface area contributed by atoms with Gasteiger partial charge in [0.1, 0.15) is 11.2 Å². The molecule has 216 valence electrons. The lowest BCUT2D eigenvalue weighted by molar-refractivity contribution is 0.669. The molecule has 0 saturated carbocycles. The molecule has 0 aliphatic carbocycles. The van der Waals surface area contributed by atoms with E-state index in [-0.39, 0.29) is 0 Å². The van der Waals surface area contributed by atoms with Gasteiger partial charge in [0.2, 0.25) is 0 Å². The van der Waals surface area contributed by atoms with Gasteiger partial charge in [0.25, 0.3) is 0 Å². The molecule has 46 heavy (non-hydrogen) atoms. The van der Waals surface area contributed by atoms with Crippen molar-refractivity contribution in [2.75, 3.05) is 4.90 Å². The Balaban J connectivity index is 1.34. The fraction of sp³-hybridized carbons (Fsp3) is 0. The smallest absolute Gasteiger partial charge is 0.138 e. The van der Waals surface area contributed by atoms with Crippen molar-refractivity contribution in [2.45, 2.75) is 0 Å². The van der Waals surface area contributed by atoms with Gasteiger partial charge in [-0.2, -0.15) is 0 Å². The van der Waals surface area contributed by atoms with Crippen LogP contribution in [-0.2, 0) is 0 Å². The van der Waals surface area contributed by atoms with Crippen LogP contribution in [-0.4, -0.2) is 0 Å². The van der Waals surface area contributed by atoms with Crippen molar-refractivity contribution in [3.63, 3.8) is 0 Å². The third-order valence-corrected chi connectivity index (χ3v) is 9.06. The molecule has 2 heteroatoms. The molecule has 2 nitrogen and oxygen atoms in total. The van der Waals surface area contributed by atoms with Gasteiger partial charge in [0.15, 0.2) is 0 Å². The van der Waals surface area contributed by atoms with E-state index < -0.39 is 0 Å². The fourth-order valence-electron chi connectivity index (χ4n) is 6.95. The van der Waals surface area contributed by atoms with E-state index in [9.17, 15) is 0 Å². The minimum absolute atomic E-state index is 0.878. The second-order valence-electron chi connectivity index (χ2n) is 11.7. The molecule has 0 aliphatic rings. The fourth-order valence-corrected chi connectivity index (χ4v) is 6.95. The Kier molecular flexibility index (Phi) is 6.17. The Labute approximate surface area is 267 Å². The molecule has 0 fully saturated rings. The average Bonchev–Trinajstić information content (AvgIpc) is 3.51. The molecule has 0 aliphatic heterocycles. The summed E-state index contributed by atoms with van der Waals surface area (Å²) in [4.78, 5) is 2.40. The minimum atomic E-state index is 0.878. The quantitative estimate of drug-likeness (QED) is 0.199. The number of rotatable bonds is 5. The minimum Gasteiger partial charge on any atom is -0.456 e. The molecule has 0 N–H and O–H groups in total. The molecule has 0 atom stereocenters. The zero-order valence-corrected chi connectivity index (χ0v) is 25.1. The summed E-state index contributed by atoms with van der Waals surface area (Å²) < 4.78 is 6.55. The van der Waals surface area contributed by atoms with Crippen molar-refractivity contribution in [1.82, 2.24) is 0 Å². The first kappa shape index (κ1) is 26.3. The van der Waals surface area contributed by atoms with Gasteiger partial charge >= 0.3 is 0 Å². The maximum atomic E-state index is 6.55. The van der Waals surface area contributed by atoms with E-state index in [4.69, 9.17) is 4.42 Å². The van der Waals surface area contributed by atoms with Crippen LogP contribution >= 0.6 is 0 Å². The average molecular weight is 588 g/mol. The van der Waals surface area contributed by atoms with Crippen LogP contribution in [0.2, 0.25) is 0 Å². The zero-order valence-electron chi connectivity index (χ0n) is 25.1. The van der Waals surface area contributed by atoms with Crippen molar-refractivity contribution < 1.29 is 4.42 Å². The van der Waals surface area contributed by atoms with Crippen LogP contribution in [0.25, 0.3) is 65.7 Å². The van der Waals surface area contributed by atoms with Gasteiger partial charge in [0, 0.05) is 33.5 Å². The number of hydrogen-bond donors (Lipinski definition) is 0. The number of furan rings is 1. The van der Waals surface area contributed by atoms with Gasteiger partial charge < -0.3 is 9.32 Å². The Bertz CT molecular complexity index is 2520. The summed E-state index contributed by atoms with van der Waals surface area (Å²) in [5.41, 5.74) is 9.78. The first-order chi connectivity index (χ1) is 22.8. The topological polar surface area (TPSA) is 16.4 Å². The third kappa shape index (κ3) is 4.27. The van der Waals surface area contributed by atoms with Crippen molar-refractivity contribution in [3.8, 4) is 22.3 Å². The molecule has 9 aromatic rings. The lowest BCUT2D eigenvalue weighted by Gasteiger charge is -2.29. The molecule has 0 bridgehead atoms. The maximum absolute atomic E-state index is 6.55. The van der Waals surface area contributed by atoms with Crippen LogP contribution in [0.5, 0.6) is 0 Å². The summed E-state index contributed by atoms with van der Waals surface area (Å²) in [5, 5.41) is 7.08. The molecule has 0 radical (unpaired) electrons. The monoisotopic (exact) mass is 587 g/mol. The van der Waals surface area contributed by atoms with E-state index in [0.29, 0.717) is 0 Å². The molecule has 0 spiro atoms. The Morgan fingerprint density at radius 3 is 1.83 bits per heavy atom. The highest BCUT2D eigenvalue weighted by molar-refractivity contribution is 6.22. The number of benzene rings is 8. The standard InChI is InChI=1S/C44H29NO/c1-2-13-30(14-3-1)31-25-27-33(28-26-31)45(40-23-10-8-18-36(40)35-22-12-16-32-15-4-5-17-34(32)35)41-29-43-44(38-20-7-6-19-37(38)41)39-21-9-11-24-42(39)46-43/h1-29H. The zero-order chi connectivity index (χ0) is 30.5. The largest absolute Gasteiger partial charge is 0.456 e. The van der Waals surface area contributed by atoms with E-state index in [1.165, 1.54) is 43.8 Å². The highest BCUT2D eigenvalue weighted by Gasteiger charge is 2.23. The molecule has 9 rings (SSSR count). The molecule has 0 unspecified atom stereocenters. The van der Waals surface area contributed by atoms with Crippen LogP contribution in [0.15, 0.2) is 180 Å². The Morgan fingerprint density at radius 1 is 0.370 bits per heavy atom. The highest BCUT2D eigenvalue weighted by Crippen LogP contribution is 2.47. The number of fused-ring (bicyclic) bond motifs is 6. The molecule has 1 aromatic heterocycles. The number of anilines is 3. The van der Waals surface area contributed by atoms with Crippen LogP contribution in [0, 0.1) is 0 Å². The van der Waals surface area contributed by atoms with Crippen LogP contribution in [0.3, 0.4) is 0 Å². The summed E-state index contributed by atoms with van der Waals surface area (Å²) in [6.45, 7) is 0. The van der Waals surface area contributed by atoms with E-state index in [1.54, 1.807) is 0 Å². The predicted molar refractivity (Wildman–Crippen MR) is 194 cm³/mol. The summed E-state index contributed by atoms with van der Waals surface area (Å²) in [5.74, 6) is 0. The van der Waals surface area contributed by atoms with Crippen molar-refractivity contribution in [3.05, 3.63) is 176 Å². The van der Waals surface area contributed by atoms with Gasteiger partial charge in [-0.3, -0.25) is 0 Å². The normalized spacial score (nSPS) is 11.5. The summed E-state index contributed by atoms with van der Waals surface area (Å²) >= 11 is 0. The molecular formula is C44H29NO. The summed E-state index contributed by atoms with van der Waals surface area (Å²) in [7, 11) is 0. The number of hydrogen-bond acceptors (Lipinski definition) is 2. The van der Waals surface area contributed by atoms with Gasteiger partial charge in [-0.05, 0) is 57.1 Å². The Morgan fingerprint density at radius 2 is 0.978 bits per heavy atom. The SMILES string of the molecule is c1ccc(-c2ccc(N(c3ccccc3-c3cccc4ccccc34)c3cc4oc5ccccc5c4c4ccccc34)cc2)cc1. The second-order valence-corrected chi connectivity index (χ2v) is 11.7. The first-order valence-corrected chi connectivity index (χ1v) is 15.7. The van der Waals surface area contributed by atoms with Gasteiger partial charge in [-0.25, -0.2) is 0 Å². The van der Waals surface area contributed by atoms with Gasteiger partial charge in [-0.15, -0.1) is 0 Å². The second kappa shape index (κ2) is 10.8. The highest BCUT2D eigenvalue weighted by atomic mass is 16.3. The van der Waals surface area contributed by atoms with E-state index >= 15 is 0 Å². The van der Waals surface area contributed by atoms with Gasteiger partial charge in [-0.1, -0.05) is 146 Å². The van der Waals surface area contributed by atoms with Gasteiger partial charge in [0.05, 0.1) is 11.4 Å². The molecule has 0 saturated heterocycles. The molecular weight excluding hydrogens is 558 g/mol. The van der Waals surface area contributed by atoms with Crippen LogP contribution in [0.1, 0.15) is 0 Å². The molecule has 1 heterocycles. The number of para-hydroxylation sites is 2. The first-order valence-electron chi connectivity index (χ1n) is 15.7. The lowest BCUT2D eigenvalue weighted by Crippen LogP contribution is -2.12. The van der Waals surface area contributed by atoms with Crippen LogP contribution < -0.4 is 4.90 Å². The van der Waals surface area contributed by atoms with E-state index in [1.807, 2.05) is 6.07 Å². The van der Waals surface area contributed by atoms with E-state index in [0.717, 1.165) is 39.0 Å². The lowest BCUT2D eigenvalue weighted by atomic mass is 9.95. The molecule has 0 amide bonds. The van der Waals surface area contributed by atoms with E-state index in [2.05, 4.69) is 175 Å². The van der Waals surface area contributed by atoms with Crippen molar-refractivity contribution in [2.24, 2.45) is 0 Å². The third-order valence-electron chi connectivity index (χ3n) is 9.06. The predicted octanol–water partition coefficient (Wildman–Crippen LogP) is 12.7. The van der Waals surface area contributed by atoms with Crippen molar-refractivity contribution in [1.29, 1.82) is 0 Å². The maximum Gasteiger partial charge on any atom is 0.138 e. The van der Waals surface area contributed by atoms with Crippen molar-refractivity contribution >= 4 is 60.5 Å². The summed E-state index contributed by atoms with van der Waals surface area (Å²) in [6.07, 6.45) is 0. The summed E-state index contributed by atoms with van der Waals surface area (Å²) in [6, 6.07) is 62.7. The van der Waals surface area contributed by atoms with Crippen LogP contribution in [0.4, 0.5) is 17.1 Å². The number of nitrogens with zero attached hydrogens (tertiary/aromatic N) is 1. The molecule has 8 aromatic carbocycles.